The second-order valence-corrected chi connectivity index (χ2v) is 5.03. The van der Waals surface area contributed by atoms with E-state index in [1.807, 2.05) is 0 Å². The fourth-order valence-corrected chi connectivity index (χ4v) is 2.09. The second-order valence-electron chi connectivity index (χ2n) is 5.03. The molecule has 0 spiro atoms. The summed E-state index contributed by atoms with van der Waals surface area (Å²) in [5, 5.41) is 0. The van der Waals surface area contributed by atoms with Crippen molar-refractivity contribution < 1.29 is 9.13 Å². The molecule has 1 aromatic carbocycles. The summed E-state index contributed by atoms with van der Waals surface area (Å²) in [6, 6.07) is 5.19. The Morgan fingerprint density at radius 1 is 1.43 bits per heavy atom. The number of hydrogen-bond acceptors (Lipinski definition) is 3. The van der Waals surface area contributed by atoms with Crippen molar-refractivity contribution in [3.05, 3.63) is 35.1 Å². The summed E-state index contributed by atoms with van der Waals surface area (Å²) in [6.07, 6.45) is 1.05. The Kier molecular flexibility index (Phi) is 7.99. The van der Waals surface area contributed by atoms with Crippen molar-refractivity contribution >= 4 is 0 Å². The minimum Gasteiger partial charge on any atom is -0.383 e. The molecule has 0 aromatic heterocycles. The molecule has 0 aliphatic heterocycles. The van der Waals surface area contributed by atoms with Gasteiger partial charge in [-0.1, -0.05) is 24.8 Å². The van der Waals surface area contributed by atoms with E-state index in [9.17, 15) is 4.39 Å². The van der Waals surface area contributed by atoms with Crippen LogP contribution in [0.3, 0.4) is 0 Å². The van der Waals surface area contributed by atoms with Crippen LogP contribution in [0.1, 0.15) is 31.4 Å². The first-order valence-electron chi connectivity index (χ1n) is 7.32. The Balaban J connectivity index is 2.96. The fourth-order valence-electron chi connectivity index (χ4n) is 2.09. The predicted octanol–water partition coefficient (Wildman–Crippen LogP) is 2.38. The highest BCUT2D eigenvalue weighted by Gasteiger charge is 2.14. The lowest BCUT2D eigenvalue weighted by molar-refractivity contribution is 0.118. The number of rotatable bonds is 7. The van der Waals surface area contributed by atoms with Crippen molar-refractivity contribution in [2.45, 2.75) is 32.9 Å². The SMILES string of the molecule is CCC(C)N(CCOC)Cc1ccc(F)cc1C#CCN. The number of nitrogens with zero attached hydrogens (tertiary/aromatic N) is 1. The van der Waals surface area contributed by atoms with Crippen molar-refractivity contribution in [2.75, 3.05) is 26.8 Å². The first kappa shape index (κ1) is 17.6. The molecule has 3 nitrogen and oxygen atoms in total. The molecule has 0 amide bonds. The largest absolute Gasteiger partial charge is 0.383 e. The molecule has 2 N–H and O–H groups in total. The van der Waals surface area contributed by atoms with E-state index in [0.717, 1.165) is 25.1 Å². The predicted molar refractivity (Wildman–Crippen MR) is 84.4 cm³/mol. The molecule has 116 valence electrons. The summed E-state index contributed by atoms with van der Waals surface area (Å²) in [5.74, 6) is 5.49. The average molecular weight is 292 g/mol. The van der Waals surface area contributed by atoms with E-state index in [2.05, 4.69) is 30.6 Å². The number of hydrogen-bond donors (Lipinski definition) is 1. The molecule has 0 aliphatic carbocycles. The van der Waals surface area contributed by atoms with Gasteiger partial charge in [-0.05, 0) is 31.0 Å². The van der Waals surface area contributed by atoms with Crippen LogP contribution in [0.25, 0.3) is 0 Å². The topological polar surface area (TPSA) is 38.5 Å². The molecule has 21 heavy (non-hydrogen) atoms. The molecule has 0 saturated heterocycles. The van der Waals surface area contributed by atoms with Gasteiger partial charge in [-0.15, -0.1) is 0 Å². The molecule has 1 atom stereocenters. The highest BCUT2D eigenvalue weighted by Crippen LogP contribution is 2.16. The van der Waals surface area contributed by atoms with Crippen molar-refractivity contribution in [3.8, 4) is 11.8 Å². The van der Waals surface area contributed by atoms with E-state index >= 15 is 0 Å². The van der Waals surface area contributed by atoms with Crippen molar-refractivity contribution in [1.82, 2.24) is 4.90 Å². The lowest BCUT2D eigenvalue weighted by atomic mass is 10.1. The number of ether oxygens (including phenoxy) is 1. The maximum absolute atomic E-state index is 13.4. The highest BCUT2D eigenvalue weighted by molar-refractivity contribution is 5.42. The van der Waals surface area contributed by atoms with Crippen LogP contribution in [-0.4, -0.2) is 37.7 Å². The second kappa shape index (κ2) is 9.51. The first-order valence-corrected chi connectivity index (χ1v) is 7.32. The first-order chi connectivity index (χ1) is 10.1. The molecule has 0 bridgehead atoms. The summed E-state index contributed by atoms with van der Waals surface area (Å²) in [7, 11) is 1.70. The van der Waals surface area contributed by atoms with Crippen LogP contribution in [0.4, 0.5) is 4.39 Å². The summed E-state index contributed by atoms with van der Waals surface area (Å²) in [6.45, 7) is 6.86. The molecule has 1 aromatic rings. The molecule has 0 fully saturated rings. The van der Waals surface area contributed by atoms with E-state index in [1.165, 1.54) is 12.1 Å². The van der Waals surface area contributed by atoms with Gasteiger partial charge in [-0.25, -0.2) is 4.39 Å². The number of nitrogens with two attached hydrogens (primary N) is 1. The molecule has 0 radical (unpaired) electrons. The lowest BCUT2D eigenvalue weighted by Crippen LogP contribution is -2.35. The molecule has 1 rings (SSSR count). The third-order valence-corrected chi connectivity index (χ3v) is 3.57. The van der Waals surface area contributed by atoms with Crippen LogP contribution < -0.4 is 5.73 Å². The van der Waals surface area contributed by atoms with Crippen molar-refractivity contribution in [3.63, 3.8) is 0 Å². The summed E-state index contributed by atoms with van der Waals surface area (Å²) >= 11 is 0. The molecular formula is C17H25FN2O. The van der Waals surface area contributed by atoms with E-state index < -0.39 is 0 Å². The van der Waals surface area contributed by atoms with Crippen LogP contribution in [0, 0.1) is 17.7 Å². The Labute approximate surface area is 127 Å². The van der Waals surface area contributed by atoms with E-state index in [1.54, 1.807) is 13.2 Å². The summed E-state index contributed by atoms with van der Waals surface area (Å²) in [5.41, 5.74) is 7.14. The average Bonchev–Trinajstić information content (AvgIpc) is 2.50. The Morgan fingerprint density at radius 3 is 2.81 bits per heavy atom. The Hall–Kier alpha value is -1.41. The van der Waals surface area contributed by atoms with Gasteiger partial charge >= 0.3 is 0 Å². The van der Waals surface area contributed by atoms with Gasteiger partial charge < -0.3 is 10.5 Å². The summed E-state index contributed by atoms with van der Waals surface area (Å²) in [4.78, 5) is 2.32. The molecule has 0 saturated carbocycles. The van der Waals surface area contributed by atoms with Crippen LogP contribution in [0.15, 0.2) is 18.2 Å². The molecular weight excluding hydrogens is 267 g/mol. The molecule has 1 unspecified atom stereocenters. The number of halogens is 1. The molecule has 0 aliphatic rings. The van der Waals surface area contributed by atoms with Crippen molar-refractivity contribution in [2.24, 2.45) is 5.73 Å². The Bertz CT molecular complexity index is 493. The van der Waals surface area contributed by atoms with Gasteiger partial charge in [0.1, 0.15) is 5.82 Å². The maximum Gasteiger partial charge on any atom is 0.124 e. The minimum absolute atomic E-state index is 0.271. The quantitative estimate of drug-likeness (QED) is 0.784. The van der Waals surface area contributed by atoms with Crippen LogP contribution >= 0.6 is 0 Å². The van der Waals surface area contributed by atoms with Gasteiger partial charge in [-0.3, -0.25) is 4.90 Å². The molecule has 0 heterocycles. The van der Waals surface area contributed by atoms with Gasteiger partial charge in [-0.2, -0.15) is 0 Å². The number of benzene rings is 1. The zero-order valence-electron chi connectivity index (χ0n) is 13.2. The maximum atomic E-state index is 13.4. The standard InChI is InChI=1S/C17H25FN2O/c1-4-14(2)20(10-11-21-3)13-16-7-8-17(18)12-15(16)6-5-9-19/h7-8,12,14H,4,9-11,13,19H2,1-3H3. The normalized spacial score (nSPS) is 12.1. The third-order valence-electron chi connectivity index (χ3n) is 3.57. The van der Waals surface area contributed by atoms with E-state index in [0.29, 0.717) is 18.2 Å². The zero-order chi connectivity index (χ0) is 15.7. The fraction of sp³-hybridized carbons (Fsp3) is 0.529. The van der Waals surface area contributed by atoms with Crippen LogP contribution in [-0.2, 0) is 11.3 Å². The highest BCUT2D eigenvalue weighted by atomic mass is 19.1. The smallest absolute Gasteiger partial charge is 0.124 e. The Morgan fingerprint density at radius 2 is 2.19 bits per heavy atom. The third kappa shape index (κ3) is 5.84. The van der Waals surface area contributed by atoms with Gasteiger partial charge in [0.15, 0.2) is 0 Å². The van der Waals surface area contributed by atoms with Crippen LogP contribution in [0.2, 0.25) is 0 Å². The van der Waals surface area contributed by atoms with E-state index in [-0.39, 0.29) is 12.4 Å². The zero-order valence-corrected chi connectivity index (χ0v) is 13.2. The van der Waals surface area contributed by atoms with Gasteiger partial charge in [0.05, 0.1) is 13.2 Å². The monoisotopic (exact) mass is 292 g/mol. The van der Waals surface area contributed by atoms with E-state index in [4.69, 9.17) is 10.5 Å². The lowest BCUT2D eigenvalue weighted by Gasteiger charge is -2.28. The van der Waals surface area contributed by atoms with Gasteiger partial charge in [0.25, 0.3) is 0 Å². The van der Waals surface area contributed by atoms with Crippen molar-refractivity contribution in [1.29, 1.82) is 0 Å². The summed E-state index contributed by atoms with van der Waals surface area (Å²) < 4.78 is 18.6. The van der Waals surface area contributed by atoms with Crippen LogP contribution in [0.5, 0.6) is 0 Å². The van der Waals surface area contributed by atoms with Gasteiger partial charge in [0.2, 0.25) is 0 Å². The van der Waals surface area contributed by atoms with Gasteiger partial charge in [0, 0.05) is 31.8 Å². The molecule has 4 heteroatoms. The number of methoxy groups -OCH3 is 1. The minimum atomic E-state index is -0.271.